The summed E-state index contributed by atoms with van der Waals surface area (Å²) in [6.45, 7) is 6.33. The van der Waals surface area contributed by atoms with Crippen molar-refractivity contribution in [3.8, 4) is 5.75 Å². The minimum absolute atomic E-state index is 0. The molecule has 4 nitrogen and oxygen atoms in total. The maximum Gasteiger partial charge on any atom is 0.191 e. The molecule has 1 aliphatic carbocycles. The van der Waals surface area contributed by atoms with Gasteiger partial charge in [-0.15, -0.1) is 24.0 Å². The first-order valence-corrected chi connectivity index (χ1v) is 7.64. The van der Waals surface area contributed by atoms with Crippen molar-refractivity contribution in [3.05, 3.63) is 29.8 Å². The van der Waals surface area contributed by atoms with Gasteiger partial charge in [-0.2, -0.15) is 0 Å². The van der Waals surface area contributed by atoms with E-state index in [1.54, 1.807) is 7.11 Å². The number of ether oxygens (including phenoxy) is 1. The van der Waals surface area contributed by atoms with E-state index >= 15 is 0 Å². The van der Waals surface area contributed by atoms with Crippen molar-refractivity contribution in [1.29, 1.82) is 0 Å². The van der Waals surface area contributed by atoms with Crippen LogP contribution < -0.4 is 15.4 Å². The summed E-state index contributed by atoms with van der Waals surface area (Å²) in [6, 6.07) is 8.27. The highest BCUT2D eigenvalue weighted by Gasteiger charge is 2.23. The summed E-state index contributed by atoms with van der Waals surface area (Å²) < 4.78 is 5.21. The summed E-state index contributed by atoms with van der Waals surface area (Å²) in [4.78, 5) is 4.29. The van der Waals surface area contributed by atoms with Gasteiger partial charge in [0.2, 0.25) is 0 Å². The van der Waals surface area contributed by atoms with Gasteiger partial charge in [0.1, 0.15) is 5.75 Å². The highest BCUT2D eigenvalue weighted by atomic mass is 127. The van der Waals surface area contributed by atoms with Crippen molar-refractivity contribution in [2.24, 2.45) is 10.9 Å². The molecule has 1 fully saturated rings. The number of rotatable bonds is 6. The summed E-state index contributed by atoms with van der Waals surface area (Å²) >= 11 is 0. The summed E-state index contributed by atoms with van der Waals surface area (Å²) in [5, 5.41) is 6.82. The Morgan fingerprint density at radius 1 is 1.23 bits per heavy atom. The number of aliphatic imine (C=N–C) groups is 1. The molecule has 2 rings (SSSR count). The normalized spacial score (nSPS) is 15.0. The average molecular weight is 417 g/mol. The lowest BCUT2D eigenvalue weighted by molar-refractivity contribution is 0.414. The molecule has 0 amide bonds. The zero-order valence-corrected chi connectivity index (χ0v) is 16.3. The Balaban J connectivity index is 0.00000242. The van der Waals surface area contributed by atoms with E-state index in [0.29, 0.717) is 0 Å². The average Bonchev–Trinajstić information content (AvgIpc) is 3.31. The molecule has 0 saturated heterocycles. The summed E-state index contributed by atoms with van der Waals surface area (Å²) in [7, 11) is 3.51. The molecule has 0 heterocycles. The predicted molar refractivity (Wildman–Crippen MR) is 104 cm³/mol. The maximum absolute atomic E-state index is 5.21. The number of guanidine groups is 1. The lowest BCUT2D eigenvalue weighted by Gasteiger charge is -2.27. The smallest absolute Gasteiger partial charge is 0.191 e. The first-order valence-electron chi connectivity index (χ1n) is 7.64. The zero-order chi connectivity index (χ0) is 15.3. The third-order valence-corrected chi connectivity index (χ3v) is 4.05. The van der Waals surface area contributed by atoms with Crippen LogP contribution in [0.25, 0.3) is 0 Å². The molecule has 5 heteroatoms. The molecule has 0 spiro atoms. The van der Waals surface area contributed by atoms with E-state index in [2.05, 4.69) is 41.6 Å². The molecule has 22 heavy (non-hydrogen) atoms. The number of methoxy groups -OCH3 is 1. The molecule has 2 N–H and O–H groups in total. The van der Waals surface area contributed by atoms with Gasteiger partial charge in [-0.1, -0.05) is 26.0 Å². The minimum Gasteiger partial charge on any atom is -0.497 e. The number of benzene rings is 1. The fraction of sp³-hybridized carbons (Fsp3) is 0.588. The van der Waals surface area contributed by atoms with E-state index in [1.807, 2.05) is 19.2 Å². The standard InChI is InChI=1S/C17H27N3O.HI/c1-17(2,14-7-9-15(21-4)10-8-14)12-20-16(18-3)19-11-13-5-6-13;/h7-10,13H,5-6,11-12H2,1-4H3,(H2,18,19,20);1H. The second kappa shape index (κ2) is 8.60. The molecule has 1 aromatic carbocycles. The van der Waals surface area contributed by atoms with Crippen LogP contribution in [0.1, 0.15) is 32.3 Å². The van der Waals surface area contributed by atoms with Gasteiger partial charge in [0.25, 0.3) is 0 Å². The van der Waals surface area contributed by atoms with Crippen molar-refractivity contribution < 1.29 is 4.74 Å². The van der Waals surface area contributed by atoms with Crippen molar-refractivity contribution >= 4 is 29.9 Å². The van der Waals surface area contributed by atoms with E-state index in [9.17, 15) is 0 Å². The largest absolute Gasteiger partial charge is 0.497 e. The molecule has 1 aromatic rings. The van der Waals surface area contributed by atoms with Gasteiger partial charge in [0.15, 0.2) is 5.96 Å². The lowest BCUT2D eigenvalue weighted by Crippen LogP contribution is -2.44. The third kappa shape index (κ3) is 5.66. The van der Waals surface area contributed by atoms with E-state index in [-0.39, 0.29) is 29.4 Å². The fourth-order valence-corrected chi connectivity index (χ4v) is 2.23. The zero-order valence-electron chi connectivity index (χ0n) is 14.0. The topological polar surface area (TPSA) is 45.7 Å². The van der Waals surface area contributed by atoms with Gasteiger partial charge in [-0.3, -0.25) is 4.99 Å². The molecule has 0 aromatic heterocycles. The van der Waals surface area contributed by atoms with E-state index in [1.165, 1.54) is 18.4 Å². The van der Waals surface area contributed by atoms with Gasteiger partial charge >= 0.3 is 0 Å². The van der Waals surface area contributed by atoms with Crippen LogP contribution in [0.3, 0.4) is 0 Å². The molecule has 0 atom stereocenters. The molecule has 0 unspecified atom stereocenters. The Kier molecular flexibility index (Phi) is 7.45. The van der Waals surface area contributed by atoms with Crippen LogP contribution in [0.5, 0.6) is 5.75 Å². The monoisotopic (exact) mass is 417 g/mol. The van der Waals surface area contributed by atoms with Crippen LogP contribution in [0, 0.1) is 5.92 Å². The van der Waals surface area contributed by atoms with Gasteiger partial charge in [-0.05, 0) is 36.5 Å². The summed E-state index contributed by atoms with van der Waals surface area (Å²) in [6.07, 6.45) is 2.70. The number of hydrogen-bond acceptors (Lipinski definition) is 2. The van der Waals surface area contributed by atoms with Crippen LogP contribution in [-0.4, -0.2) is 33.2 Å². The van der Waals surface area contributed by atoms with Crippen molar-refractivity contribution in [1.82, 2.24) is 10.6 Å². The van der Waals surface area contributed by atoms with Crippen molar-refractivity contribution in [2.75, 3.05) is 27.2 Å². The molecular formula is C17H28IN3O. The molecule has 0 radical (unpaired) electrons. The van der Waals surface area contributed by atoms with Crippen molar-refractivity contribution in [3.63, 3.8) is 0 Å². The molecule has 1 aliphatic rings. The second-order valence-electron chi connectivity index (χ2n) is 6.36. The number of hydrogen-bond donors (Lipinski definition) is 2. The van der Waals surface area contributed by atoms with E-state index < -0.39 is 0 Å². The first kappa shape index (κ1) is 19.1. The van der Waals surface area contributed by atoms with E-state index in [4.69, 9.17) is 4.74 Å². The fourth-order valence-electron chi connectivity index (χ4n) is 2.23. The number of nitrogens with zero attached hydrogens (tertiary/aromatic N) is 1. The molecule has 0 bridgehead atoms. The van der Waals surface area contributed by atoms with Gasteiger partial charge in [0.05, 0.1) is 7.11 Å². The second-order valence-corrected chi connectivity index (χ2v) is 6.36. The van der Waals surface area contributed by atoms with Crippen LogP contribution in [-0.2, 0) is 5.41 Å². The maximum atomic E-state index is 5.21. The lowest BCUT2D eigenvalue weighted by atomic mass is 9.84. The van der Waals surface area contributed by atoms with E-state index in [0.717, 1.165) is 30.7 Å². The quantitative estimate of drug-likeness (QED) is 0.425. The van der Waals surface area contributed by atoms with Crippen molar-refractivity contribution in [2.45, 2.75) is 32.1 Å². The molecule has 1 saturated carbocycles. The highest BCUT2D eigenvalue weighted by molar-refractivity contribution is 14.0. The third-order valence-electron chi connectivity index (χ3n) is 4.05. The van der Waals surface area contributed by atoms with Crippen LogP contribution in [0.4, 0.5) is 0 Å². The Hall–Kier alpha value is -0.980. The number of nitrogens with one attached hydrogen (secondary N) is 2. The summed E-state index contributed by atoms with van der Waals surface area (Å²) in [5.74, 6) is 2.63. The molecule has 124 valence electrons. The highest BCUT2D eigenvalue weighted by Crippen LogP contribution is 2.27. The Morgan fingerprint density at radius 3 is 2.36 bits per heavy atom. The number of halogens is 1. The van der Waals surface area contributed by atoms with Crippen LogP contribution in [0.15, 0.2) is 29.3 Å². The predicted octanol–water partition coefficient (Wildman–Crippen LogP) is 3.17. The van der Waals surface area contributed by atoms with Gasteiger partial charge in [-0.25, -0.2) is 0 Å². The van der Waals surface area contributed by atoms with Crippen LogP contribution in [0.2, 0.25) is 0 Å². The van der Waals surface area contributed by atoms with Crippen LogP contribution >= 0.6 is 24.0 Å². The summed E-state index contributed by atoms with van der Waals surface area (Å²) in [5.41, 5.74) is 1.32. The Labute approximate surface area is 151 Å². The first-order chi connectivity index (χ1) is 10.0. The van der Waals surface area contributed by atoms with Gasteiger partial charge in [0, 0.05) is 25.6 Å². The minimum atomic E-state index is 0. The Morgan fingerprint density at radius 2 is 1.86 bits per heavy atom. The molecular weight excluding hydrogens is 389 g/mol. The Bertz CT molecular complexity index is 481. The van der Waals surface area contributed by atoms with Gasteiger partial charge < -0.3 is 15.4 Å². The molecule has 0 aliphatic heterocycles. The SMILES string of the molecule is CN=C(NCC1CC1)NCC(C)(C)c1ccc(OC)cc1.I.